The SMILES string of the molecule is CN1CCC[C@@H]1COc1ccc(C#N)cc1C(=O)/N=c1\sc(C(C)(C)C)cn1Cc1ccco1. The molecule has 0 aliphatic carbocycles. The molecule has 1 fully saturated rings. The second kappa shape index (κ2) is 10.00. The zero-order chi connectivity index (χ0) is 24.3. The van der Waals surface area contributed by atoms with Crippen LogP contribution in [0.15, 0.2) is 52.2 Å². The maximum Gasteiger partial charge on any atom is 0.283 e. The van der Waals surface area contributed by atoms with Gasteiger partial charge in [-0.3, -0.25) is 4.79 Å². The molecule has 0 saturated carbocycles. The third-order valence-electron chi connectivity index (χ3n) is 6.00. The van der Waals surface area contributed by atoms with E-state index in [0.29, 0.717) is 40.9 Å². The average Bonchev–Trinajstić information content (AvgIpc) is 3.55. The van der Waals surface area contributed by atoms with Gasteiger partial charge in [0, 0.05) is 17.1 Å². The lowest BCUT2D eigenvalue weighted by atomic mass is 9.95. The zero-order valence-electron chi connectivity index (χ0n) is 20.1. The second-order valence-electron chi connectivity index (χ2n) is 9.66. The fourth-order valence-electron chi connectivity index (χ4n) is 3.91. The molecule has 1 aromatic carbocycles. The van der Waals surface area contributed by atoms with Crippen LogP contribution in [0.4, 0.5) is 0 Å². The molecule has 8 heteroatoms. The van der Waals surface area contributed by atoms with E-state index in [1.54, 1.807) is 24.5 Å². The number of ether oxygens (including phenoxy) is 1. The molecule has 178 valence electrons. The third kappa shape index (κ3) is 5.49. The van der Waals surface area contributed by atoms with Crippen LogP contribution in [-0.2, 0) is 12.0 Å². The van der Waals surface area contributed by atoms with Crippen LogP contribution in [0.2, 0.25) is 0 Å². The number of thiazole rings is 1. The van der Waals surface area contributed by atoms with E-state index in [0.717, 1.165) is 30.0 Å². The van der Waals surface area contributed by atoms with E-state index in [1.165, 1.54) is 11.3 Å². The minimum Gasteiger partial charge on any atom is -0.491 e. The summed E-state index contributed by atoms with van der Waals surface area (Å²) < 4.78 is 13.5. The molecule has 34 heavy (non-hydrogen) atoms. The van der Waals surface area contributed by atoms with E-state index in [1.807, 2.05) is 22.9 Å². The van der Waals surface area contributed by atoms with Crippen LogP contribution in [0.3, 0.4) is 0 Å². The van der Waals surface area contributed by atoms with Crippen LogP contribution in [0, 0.1) is 11.3 Å². The molecule has 0 spiro atoms. The first-order valence-corrected chi connectivity index (χ1v) is 12.3. The summed E-state index contributed by atoms with van der Waals surface area (Å²) in [6, 6.07) is 11.1. The highest BCUT2D eigenvalue weighted by molar-refractivity contribution is 7.09. The molecule has 0 N–H and O–H groups in total. The first-order valence-electron chi connectivity index (χ1n) is 11.4. The Hall–Kier alpha value is -3.15. The number of amides is 1. The van der Waals surface area contributed by atoms with Crippen LogP contribution in [-0.4, -0.2) is 41.6 Å². The molecule has 1 atom stereocenters. The molecule has 1 aliphatic rings. The Kier molecular flexibility index (Phi) is 7.05. The van der Waals surface area contributed by atoms with Gasteiger partial charge in [0.1, 0.15) is 18.1 Å². The van der Waals surface area contributed by atoms with Crippen molar-refractivity contribution in [3.05, 3.63) is 69.4 Å². The van der Waals surface area contributed by atoms with E-state index in [-0.39, 0.29) is 5.41 Å². The predicted octanol–water partition coefficient (Wildman–Crippen LogP) is 4.57. The number of aromatic nitrogens is 1. The van der Waals surface area contributed by atoms with Crippen molar-refractivity contribution in [3.63, 3.8) is 0 Å². The fraction of sp³-hybridized carbons (Fsp3) is 0.423. The molecule has 3 aromatic rings. The highest BCUT2D eigenvalue weighted by atomic mass is 32.1. The van der Waals surface area contributed by atoms with Crippen molar-refractivity contribution < 1.29 is 13.9 Å². The lowest BCUT2D eigenvalue weighted by Crippen LogP contribution is -2.30. The summed E-state index contributed by atoms with van der Waals surface area (Å²) in [4.78, 5) is 21.8. The van der Waals surface area contributed by atoms with Crippen molar-refractivity contribution >= 4 is 17.2 Å². The Labute approximate surface area is 203 Å². The maximum absolute atomic E-state index is 13.4. The number of benzene rings is 1. The molecule has 0 radical (unpaired) electrons. The Bertz CT molecular complexity index is 1260. The number of carbonyl (C=O) groups excluding carboxylic acids is 1. The fourth-order valence-corrected chi connectivity index (χ4v) is 4.96. The summed E-state index contributed by atoms with van der Waals surface area (Å²) in [6.07, 6.45) is 5.87. The summed E-state index contributed by atoms with van der Waals surface area (Å²) in [7, 11) is 2.09. The summed E-state index contributed by atoms with van der Waals surface area (Å²) in [5.41, 5.74) is 0.609. The van der Waals surface area contributed by atoms with Crippen molar-refractivity contribution in [1.29, 1.82) is 5.26 Å². The number of likely N-dealkylation sites (N-methyl/N-ethyl adjacent to an activating group) is 1. The van der Waals surface area contributed by atoms with Crippen LogP contribution in [0.5, 0.6) is 5.75 Å². The van der Waals surface area contributed by atoms with E-state index >= 15 is 0 Å². The standard InChI is InChI=1S/C26H30N4O3S/c1-26(2,3)23-16-30(15-20-8-6-12-32-20)25(34-23)28-24(31)21-13-18(14-27)9-10-22(21)33-17-19-7-5-11-29(19)4/h6,8-10,12-13,16,19H,5,7,11,15,17H2,1-4H3/b28-25-/t19-/m1/s1. The monoisotopic (exact) mass is 478 g/mol. The number of likely N-dealkylation sites (tertiary alicyclic amines) is 1. The number of nitriles is 1. The van der Waals surface area contributed by atoms with Gasteiger partial charge in [0.05, 0.1) is 30.0 Å². The Morgan fingerprint density at radius 1 is 1.35 bits per heavy atom. The highest BCUT2D eigenvalue weighted by Gasteiger charge is 2.23. The molecule has 2 aromatic heterocycles. The quantitative estimate of drug-likeness (QED) is 0.518. The third-order valence-corrected chi connectivity index (χ3v) is 7.45. The first-order chi connectivity index (χ1) is 16.2. The summed E-state index contributed by atoms with van der Waals surface area (Å²) in [6.45, 7) is 8.40. The lowest BCUT2D eigenvalue weighted by molar-refractivity contribution is 0.0992. The lowest BCUT2D eigenvalue weighted by Gasteiger charge is -2.20. The Morgan fingerprint density at radius 3 is 2.82 bits per heavy atom. The van der Waals surface area contributed by atoms with Gasteiger partial charge in [-0.15, -0.1) is 11.3 Å². The van der Waals surface area contributed by atoms with Crippen molar-refractivity contribution in [1.82, 2.24) is 9.47 Å². The minimum absolute atomic E-state index is 0.0886. The van der Waals surface area contributed by atoms with Gasteiger partial charge in [-0.25, -0.2) is 0 Å². The number of carbonyl (C=O) groups is 1. The summed E-state index contributed by atoms with van der Waals surface area (Å²) in [5, 5.41) is 9.39. The molecular formula is C26H30N4O3S. The molecule has 0 bridgehead atoms. The minimum atomic E-state index is -0.428. The second-order valence-corrected chi connectivity index (χ2v) is 10.7. The van der Waals surface area contributed by atoms with Gasteiger partial charge >= 0.3 is 0 Å². The van der Waals surface area contributed by atoms with Crippen molar-refractivity contribution in [2.75, 3.05) is 20.2 Å². The van der Waals surface area contributed by atoms with E-state index in [9.17, 15) is 10.1 Å². The maximum atomic E-state index is 13.4. The normalized spacial score (nSPS) is 17.1. The molecule has 3 heterocycles. The molecule has 1 amide bonds. The Balaban J connectivity index is 1.68. The van der Waals surface area contributed by atoms with Gasteiger partial charge in [-0.2, -0.15) is 10.3 Å². The van der Waals surface area contributed by atoms with Crippen molar-refractivity contribution in [2.24, 2.45) is 4.99 Å². The summed E-state index contributed by atoms with van der Waals surface area (Å²) in [5.74, 6) is 0.809. The number of nitrogens with zero attached hydrogens (tertiary/aromatic N) is 4. The van der Waals surface area contributed by atoms with Crippen LogP contribution in [0.25, 0.3) is 0 Å². The van der Waals surface area contributed by atoms with Crippen LogP contribution >= 0.6 is 11.3 Å². The molecule has 1 saturated heterocycles. The highest BCUT2D eigenvalue weighted by Crippen LogP contribution is 2.26. The first kappa shape index (κ1) is 24.0. The number of rotatable bonds is 6. The van der Waals surface area contributed by atoms with Crippen LogP contribution in [0.1, 0.15) is 60.2 Å². The number of furan rings is 1. The molecular weight excluding hydrogens is 448 g/mol. The van der Waals surface area contributed by atoms with E-state index in [2.05, 4.69) is 43.8 Å². The van der Waals surface area contributed by atoms with Gasteiger partial charge in [-0.1, -0.05) is 20.8 Å². The number of hydrogen-bond acceptors (Lipinski definition) is 6. The molecule has 4 rings (SSSR count). The van der Waals surface area contributed by atoms with Gasteiger partial charge in [-0.05, 0) is 62.2 Å². The van der Waals surface area contributed by atoms with Crippen molar-refractivity contribution in [2.45, 2.75) is 51.6 Å². The summed E-state index contributed by atoms with van der Waals surface area (Å²) >= 11 is 1.48. The topological polar surface area (TPSA) is 83.8 Å². The average molecular weight is 479 g/mol. The Morgan fingerprint density at radius 2 is 2.18 bits per heavy atom. The zero-order valence-corrected chi connectivity index (χ0v) is 20.9. The molecule has 7 nitrogen and oxygen atoms in total. The van der Waals surface area contributed by atoms with Crippen LogP contribution < -0.4 is 9.54 Å². The van der Waals surface area contributed by atoms with Gasteiger partial charge < -0.3 is 18.6 Å². The van der Waals surface area contributed by atoms with Gasteiger partial charge in [0.15, 0.2) is 4.80 Å². The smallest absolute Gasteiger partial charge is 0.283 e. The van der Waals surface area contributed by atoms with Gasteiger partial charge in [0.2, 0.25) is 0 Å². The predicted molar refractivity (Wildman–Crippen MR) is 131 cm³/mol. The van der Waals surface area contributed by atoms with Crippen molar-refractivity contribution in [3.8, 4) is 11.8 Å². The molecule has 0 unspecified atom stereocenters. The molecule has 1 aliphatic heterocycles. The van der Waals surface area contributed by atoms with E-state index < -0.39 is 5.91 Å². The number of hydrogen-bond donors (Lipinski definition) is 0. The largest absolute Gasteiger partial charge is 0.491 e. The van der Waals surface area contributed by atoms with E-state index in [4.69, 9.17) is 9.15 Å². The van der Waals surface area contributed by atoms with Gasteiger partial charge in [0.25, 0.3) is 5.91 Å².